The predicted molar refractivity (Wildman–Crippen MR) is 87.9 cm³/mol. The Morgan fingerprint density at radius 1 is 1.23 bits per heavy atom. The lowest BCUT2D eigenvalue weighted by molar-refractivity contribution is 0.102. The standard InChI is InChI=1S/C17H15NO3S/c1-2-9-22-16-6-4-3-5-13(16)18-17(19)12-7-8-14-15(10-12)21-11-20-14/h2-8,10H,1,9,11H2,(H,18,19). The smallest absolute Gasteiger partial charge is 0.255 e. The molecule has 5 heteroatoms. The number of carbonyl (C=O) groups excluding carboxylic acids is 1. The maximum absolute atomic E-state index is 12.4. The Hall–Kier alpha value is -2.40. The van der Waals surface area contributed by atoms with Crippen molar-refractivity contribution in [3.05, 3.63) is 60.7 Å². The number of benzene rings is 2. The highest BCUT2D eigenvalue weighted by molar-refractivity contribution is 7.99. The van der Waals surface area contributed by atoms with Crippen molar-refractivity contribution in [1.82, 2.24) is 0 Å². The SMILES string of the molecule is C=CCSc1ccccc1NC(=O)c1ccc2c(c1)OCO2. The zero-order valence-corrected chi connectivity index (χ0v) is 12.7. The van der Waals surface area contributed by atoms with Gasteiger partial charge in [-0.3, -0.25) is 4.79 Å². The molecule has 22 heavy (non-hydrogen) atoms. The minimum Gasteiger partial charge on any atom is -0.454 e. The number of amides is 1. The van der Waals surface area contributed by atoms with E-state index < -0.39 is 0 Å². The van der Waals surface area contributed by atoms with E-state index in [0.717, 1.165) is 16.3 Å². The predicted octanol–water partition coefficient (Wildman–Crippen LogP) is 3.95. The first-order valence-electron chi connectivity index (χ1n) is 6.81. The summed E-state index contributed by atoms with van der Waals surface area (Å²) in [5.74, 6) is 1.88. The fourth-order valence-corrected chi connectivity index (χ4v) is 2.82. The number of para-hydroxylation sites is 1. The zero-order valence-electron chi connectivity index (χ0n) is 11.9. The van der Waals surface area contributed by atoms with E-state index in [1.54, 1.807) is 30.0 Å². The summed E-state index contributed by atoms with van der Waals surface area (Å²) < 4.78 is 10.5. The molecular weight excluding hydrogens is 298 g/mol. The molecule has 2 aromatic carbocycles. The van der Waals surface area contributed by atoms with Crippen LogP contribution in [-0.2, 0) is 0 Å². The second-order valence-corrected chi connectivity index (χ2v) is 5.68. The quantitative estimate of drug-likeness (QED) is 0.671. The van der Waals surface area contributed by atoms with E-state index >= 15 is 0 Å². The lowest BCUT2D eigenvalue weighted by Gasteiger charge is -2.10. The van der Waals surface area contributed by atoms with Crippen LogP contribution in [0.5, 0.6) is 11.5 Å². The molecule has 1 amide bonds. The van der Waals surface area contributed by atoms with Crippen LogP contribution in [0, 0.1) is 0 Å². The number of ether oxygens (including phenoxy) is 2. The van der Waals surface area contributed by atoms with Crippen molar-refractivity contribution in [3.8, 4) is 11.5 Å². The van der Waals surface area contributed by atoms with E-state index in [1.807, 2.05) is 30.3 Å². The van der Waals surface area contributed by atoms with Gasteiger partial charge >= 0.3 is 0 Å². The molecule has 0 radical (unpaired) electrons. The highest BCUT2D eigenvalue weighted by Gasteiger charge is 2.16. The normalized spacial score (nSPS) is 12.0. The van der Waals surface area contributed by atoms with E-state index in [1.165, 1.54) is 0 Å². The van der Waals surface area contributed by atoms with Gasteiger partial charge in [0.25, 0.3) is 5.91 Å². The molecule has 0 saturated carbocycles. The monoisotopic (exact) mass is 313 g/mol. The number of fused-ring (bicyclic) bond motifs is 1. The molecule has 1 aliphatic rings. The van der Waals surface area contributed by atoms with Crippen molar-refractivity contribution in [1.29, 1.82) is 0 Å². The maximum Gasteiger partial charge on any atom is 0.255 e. The highest BCUT2D eigenvalue weighted by atomic mass is 32.2. The van der Waals surface area contributed by atoms with Gasteiger partial charge in [-0.1, -0.05) is 18.2 Å². The van der Waals surface area contributed by atoms with E-state index in [4.69, 9.17) is 9.47 Å². The Kier molecular flexibility index (Phi) is 4.34. The number of hydrogen-bond donors (Lipinski definition) is 1. The fourth-order valence-electron chi connectivity index (χ4n) is 2.08. The Balaban J connectivity index is 1.78. The first-order chi connectivity index (χ1) is 10.8. The van der Waals surface area contributed by atoms with Gasteiger partial charge in [0, 0.05) is 16.2 Å². The zero-order chi connectivity index (χ0) is 15.4. The van der Waals surface area contributed by atoms with Gasteiger partial charge in [0.05, 0.1) is 5.69 Å². The van der Waals surface area contributed by atoms with Crippen molar-refractivity contribution >= 4 is 23.4 Å². The molecule has 0 fully saturated rings. The molecule has 1 N–H and O–H groups in total. The van der Waals surface area contributed by atoms with Gasteiger partial charge < -0.3 is 14.8 Å². The van der Waals surface area contributed by atoms with Crippen molar-refractivity contribution in [2.75, 3.05) is 17.9 Å². The Morgan fingerprint density at radius 2 is 2.05 bits per heavy atom. The van der Waals surface area contributed by atoms with Crippen molar-refractivity contribution in [2.24, 2.45) is 0 Å². The molecule has 112 valence electrons. The third-order valence-corrected chi connectivity index (χ3v) is 4.20. The highest BCUT2D eigenvalue weighted by Crippen LogP contribution is 2.33. The molecule has 0 aliphatic carbocycles. The van der Waals surface area contributed by atoms with Crippen molar-refractivity contribution < 1.29 is 14.3 Å². The maximum atomic E-state index is 12.4. The van der Waals surface area contributed by atoms with Crippen LogP contribution in [0.15, 0.2) is 60.0 Å². The summed E-state index contributed by atoms with van der Waals surface area (Å²) in [5.41, 5.74) is 1.32. The number of rotatable bonds is 5. The van der Waals surface area contributed by atoms with Gasteiger partial charge in [-0.15, -0.1) is 18.3 Å². The van der Waals surface area contributed by atoms with Crippen LogP contribution >= 0.6 is 11.8 Å². The Labute approximate surface area is 133 Å². The largest absolute Gasteiger partial charge is 0.454 e. The van der Waals surface area contributed by atoms with E-state index in [9.17, 15) is 4.79 Å². The fraction of sp³-hybridized carbons (Fsp3) is 0.118. The van der Waals surface area contributed by atoms with E-state index in [0.29, 0.717) is 17.1 Å². The molecule has 0 bridgehead atoms. The minimum absolute atomic E-state index is 0.176. The molecule has 0 spiro atoms. The number of anilines is 1. The van der Waals surface area contributed by atoms with Crippen LogP contribution in [-0.4, -0.2) is 18.5 Å². The van der Waals surface area contributed by atoms with Gasteiger partial charge in [-0.2, -0.15) is 0 Å². The molecule has 1 aliphatic heterocycles. The average molecular weight is 313 g/mol. The number of carbonyl (C=O) groups is 1. The molecule has 0 unspecified atom stereocenters. The molecule has 0 aromatic heterocycles. The van der Waals surface area contributed by atoms with Crippen LogP contribution in [0.25, 0.3) is 0 Å². The molecule has 0 atom stereocenters. The molecule has 0 saturated heterocycles. The van der Waals surface area contributed by atoms with E-state index in [2.05, 4.69) is 11.9 Å². The van der Waals surface area contributed by atoms with Crippen LogP contribution in [0.4, 0.5) is 5.69 Å². The van der Waals surface area contributed by atoms with Crippen molar-refractivity contribution in [2.45, 2.75) is 4.90 Å². The van der Waals surface area contributed by atoms with E-state index in [-0.39, 0.29) is 12.7 Å². The average Bonchev–Trinajstić information content (AvgIpc) is 3.01. The molecule has 3 rings (SSSR count). The summed E-state index contributed by atoms with van der Waals surface area (Å²) in [5, 5.41) is 2.94. The second kappa shape index (κ2) is 6.58. The van der Waals surface area contributed by atoms with Gasteiger partial charge in [-0.25, -0.2) is 0 Å². The first kappa shape index (κ1) is 14.5. The Morgan fingerprint density at radius 3 is 2.91 bits per heavy atom. The number of hydrogen-bond acceptors (Lipinski definition) is 4. The summed E-state index contributed by atoms with van der Waals surface area (Å²) in [4.78, 5) is 13.4. The van der Waals surface area contributed by atoms with Crippen molar-refractivity contribution in [3.63, 3.8) is 0 Å². The van der Waals surface area contributed by atoms with Gasteiger partial charge in [0.1, 0.15) is 0 Å². The summed E-state index contributed by atoms with van der Waals surface area (Å²) in [7, 11) is 0. The Bertz CT molecular complexity index is 715. The number of nitrogens with one attached hydrogen (secondary N) is 1. The van der Waals surface area contributed by atoms with Crippen LogP contribution in [0.1, 0.15) is 10.4 Å². The molecule has 4 nitrogen and oxygen atoms in total. The topological polar surface area (TPSA) is 47.6 Å². The lowest BCUT2D eigenvalue weighted by Crippen LogP contribution is -2.12. The van der Waals surface area contributed by atoms with Crippen LogP contribution in [0.2, 0.25) is 0 Å². The second-order valence-electron chi connectivity index (χ2n) is 4.62. The molecule has 2 aromatic rings. The first-order valence-corrected chi connectivity index (χ1v) is 7.80. The summed E-state index contributed by atoms with van der Waals surface area (Å²) >= 11 is 1.63. The minimum atomic E-state index is -0.176. The van der Waals surface area contributed by atoms with Crippen LogP contribution in [0.3, 0.4) is 0 Å². The van der Waals surface area contributed by atoms with Gasteiger partial charge in [0.2, 0.25) is 6.79 Å². The summed E-state index contributed by atoms with van der Waals surface area (Å²) in [6, 6.07) is 12.9. The third kappa shape index (κ3) is 3.09. The summed E-state index contributed by atoms with van der Waals surface area (Å²) in [6.45, 7) is 3.91. The third-order valence-electron chi connectivity index (χ3n) is 3.13. The molecular formula is C17H15NO3S. The lowest BCUT2D eigenvalue weighted by atomic mass is 10.2. The van der Waals surface area contributed by atoms with Gasteiger partial charge in [0.15, 0.2) is 11.5 Å². The van der Waals surface area contributed by atoms with Gasteiger partial charge in [-0.05, 0) is 30.3 Å². The summed E-state index contributed by atoms with van der Waals surface area (Å²) in [6.07, 6.45) is 1.83. The molecule has 1 heterocycles. The van der Waals surface area contributed by atoms with Crippen LogP contribution < -0.4 is 14.8 Å². The number of thioether (sulfide) groups is 1.